The van der Waals surface area contributed by atoms with Crippen molar-refractivity contribution in [3.8, 4) is 0 Å². The van der Waals surface area contributed by atoms with Gasteiger partial charge in [0.15, 0.2) is 0 Å². The molecule has 0 saturated carbocycles. The van der Waals surface area contributed by atoms with E-state index in [-0.39, 0.29) is 0 Å². The summed E-state index contributed by atoms with van der Waals surface area (Å²) in [4.78, 5) is 1.46. The highest BCUT2D eigenvalue weighted by atomic mass is 79.9. The standard InChI is InChI=1S/C16H20BrNS/c1-2-9-18-12-14(11-16-4-3-10-19-16)13-5-7-15(17)8-6-13/h3-8,10,14,18H,2,9,11-12H2,1H3. The van der Waals surface area contributed by atoms with Crippen LogP contribution in [0.1, 0.15) is 29.7 Å². The van der Waals surface area contributed by atoms with Crippen LogP contribution < -0.4 is 5.32 Å². The lowest BCUT2D eigenvalue weighted by Gasteiger charge is -2.17. The maximum absolute atomic E-state index is 3.55. The van der Waals surface area contributed by atoms with Crippen LogP contribution in [0.2, 0.25) is 0 Å². The Morgan fingerprint density at radius 1 is 1.21 bits per heavy atom. The molecular weight excluding hydrogens is 318 g/mol. The first-order chi connectivity index (χ1) is 9.29. The van der Waals surface area contributed by atoms with Gasteiger partial charge in [0, 0.05) is 21.8 Å². The van der Waals surface area contributed by atoms with Crippen LogP contribution in [0.3, 0.4) is 0 Å². The largest absolute Gasteiger partial charge is 0.316 e. The molecule has 1 aromatic carbocycles. The molecule has 1 atom stereocenters. The molecule has 0 aliphatic carbocycles. The monoisotopic (exact) mass is 337 g/mol. The second-order valence-corrected chi connectivity index (χ2v) is 6.68. The SMILES string of the molecule is CCCNCC(Cc1cccs1)c1ccc(Br)cc1. The van der Waals surface area contributed by atoms with E-state index in [1.54, 1.807) is 0 Å². The first-order valence-corrected chi connectivity index (χ1v) is 8.45. The lowest BCUT2D eigenvalue weighted by Crippen LogP contribution is -2.23. The zero-order chi connectivity index (χ0) is 13.5. The molecule has 2 aromatic rings. The highest BCUT2D eigenvalue weighted by Crippen LogP contribution is 2.24. The molecule has 102 valence electrons. The number of nitrogens with one attached hydrogen (secondary N) is 1. The quantitative estimate of drug-likeness (QED) is 0.713. The molecule has 0 aliphatic heterocycles. The second-order valence-electron chi connectivity index (χ2n) is 4.74. The van der Waals surface area contributed by atoms with Crippen LogP contribution in [-0.4, -0.2) is 13.1 Å². The van der Waals surface area contributed by atoms with Crippen LogP contribution in [0.25, 0.3) is 0 Å². The van der Waals surface area contributed by atoms with Gasteiger partial charge in [-0.05, 0) is 48.5 Å². The van der Waals surface area contributed by atoms with E-state index in [9.17, 15) is 0 Å². The molecule has 0 aliphatic rings. The van der Waals surface area contributed by atoms with Gasteiger partial charge in [0.2, 0.25) is 0 Å². The van der Waals surface area contributed by atoms with E-state index in [1.165, 1.54) is 16.9 Å². The molecule has 0 amide bonds. The van der Waals surface area contributed by atoms with Gasteiger partial charge in [0.05, 0.1) is 0 Å². The van der Waals surface area contributed by atoms with E-state index < -0.39 is 0 Å². The Morgan fingerprint density at radius 3 is 2.63 bits per heavy atom. The first kappa shape index (κ1) is 14.8. The Bertz CT molecular complexity index is 464. The lowest BCUT2D eigenvalue weighted by atomic mass is 9.95. The molecular formula is C16H20BrNS. The summed E-state index contributed by atoms with van der Waals surface area (Å²) in [6.07, 6.45) is 2.31. The van der Waals surface area contributed by atoms with Crippen molar-refractivity contribution in [1.82, 2.24) is 5.32 Å². The smallest absolute Gasteiger partial charge is 0.0175 e. The molecule has 1 heterocycles. The average Bonchev–Trinajstić information content (AvgIpc) is 2.92. The third kappa shape index (κ3) is 4.75. The van der Waals surface area contributed by atoms with Gasteiger partial charge >= 0.3 is 0 Å². The number of hydrogen-bond acceptors (Lipinski definition) is 2. The van der Waals surface area contributed by atoms with E-state index in [0.717, 1.165) is 24.0 Å². The molecule has 3 heteroatoms. The molecule has 1 unspecified atom stereocenters. The summed E-state index contributed by atoms with van der Waals surface area (Å²) < 4.78 is 1.15. The molecule has 19 heavy (non-hydrogen) atoms. The van der Waals surface area contributed by atoms with Crippen LogP contribution >= 0.6 is 27.3 Å². The summed E-state index contributed by atoms with van der Waals surface area (Å²) in [5.41, 5.74) is 1.42. The van der Waals surface area contributed by atoms with Gasteiger partial charge in [0.25, 0.3) is 0 Å². The van der Waals surface area contributed by atoms with Crippen LogP contribution in [0.5, 0.6) is 0 Å². The predicted octanol–water partition coefficient (Wildman–Crippen LogP) is 4.84. The number of benzene rings is 1. The fourth-order valence-corrected chi connectivity index (χ4v) is 3.22. The minimum absolute atomic E-state index is 0.554. The molecule has 0 radical (unpaired) electrons. The highest BCUT2D eigenvalue weighted by Gasteiger charge is 2.12. The summed E-state index contributed by atoms with van der Waals surface area (Å²) in [6, 6.07) is 13.1. The predicted molar refractivity (Wildman–Crippen MR) is 88.1 cm³/mol. The van der Waals surface area contributed by atoms with E-state index >= 15 is 0 Å². The lowest BCUT2D eigenvalue weighted by molar-refractivity contribution is 0.579. The van der Waals surface area contributed by atoms with Gasteiger partial charge in [-0.1, -0.05) is 41.1 Å². The topological polar surface area (TPSA) is 12.0 Å². The molecule has 1 nitrogen and oxygen atoms in total. The Balaban J connectivity index is 2.06. The third-order valence-electron chi connectivity index (χ3n) is 3.19. The van der Waals surface area contributed by atoms with Gasteiger partial charge in [-0.25, -0.2) is 0 Å². The van der Waals surface area contributed by atoms with Crippen molar-refractivity contribution >= 4 is 27.3 Å². The molecule has 0 bridgehead atoms. The zero-order valence-corrected chi connectivity index (χ0v) is 13.6. The number of halogens is 1. The maximum atomic E-state index is 3.55. The summed E-state index contributed by atoms with van der Waals surface area (Å²) in [5.74, 6) is 0.554. The van der Waals surface area contributed by atoms with Crippen LogP contribution in [-0.2, 0) is 6.42 Å². The van der Waals surface area contributed by atoms with Crippen molar-refractivity contribution in [3.05, 3.63) is 56.7 Å². The van der Waals surface area contributed by atoms with Crippen molar-refractivity contribution in [2.45, 2.75) is 25.7 Å². The zero-order valence-electron chi connectivity index (χ0n) is 11.2. The molecule has 0 fully saturated rings. The van der Waals surface area contributed by atoms with Gasteiger partial charge in [0.1, 0.15) is 0 Å². The summed E-state index contributed by atoms with van der Waals surface area (Å²) in [5, 5.41) is 5.71. The van der Waals surface area contributed by atoms with Gasteiger partial charge in [-0.15, -0.1) is 11.3 Å². The Labute approximate surface area is 128 Å². The van der Waals surface area contributed by atoms with Gasteiger partial charge in [-0.2, -0.15) is 0 Å². The van der Waals surface area contributed by atoms with E-state index in [0.29, 0.717) is 5.92 Å². The highest BCUT2D eigenvalue weighted by molar-refractivity contribution is 9.10. The van der Waals surface area contributed by atoms with E-state index in [1.807, 2.05) is 11.3 Å². The van der Waals surface area contributed by atoms with Crippen molar-refractivity contribution in [2.24, 2.45) is 0 Å². The summed E-state index contributed by atoms with van der Waals surface area (Å²) in [6.45, 7) is 4.35. The minimum Gasteiger partial charge on any atom is -0.316 e. The van der Waals surface area contributed by atoms with Crippen molar-refractivity contribution in [1.29, 1.82) is 0 Å². The van der Waals surface area contributed by atoms with Crippen molar-refractivity contribution < 1.29 is 0 Å². The Morgan fingerprint density at radius 2 is 2.00 bits per heavy atom. The molecule has 0 spiro atoms. The molecule has 0 saturated heterocycles. The van der Waals surface area contributed by atoms with E-state index in [2.05, 4.69) is 69.9 Å². The first-order valence-electron chi connectivity index (χ1n) is 6.78. The number of thiophene rings is 1. The Kier molecular flexibility index (Phi) is 6.08. The number of rotatable bonds is 7. The minimum atomic E-state index is 0.554. The normalized spacial score (nSPS) is 12.5. The fraction of sp³-hybridized carbons (Fsp3) is 0.375. The van der Waals surface area contributed by atoms with Gasteiger partial charge < -0.3 is 5.32 Å². The van der Waals surface area contributed by atoms with E-state index in [4.69, 9.17) is 0 Å². The second kappa shape index (κ2) is 7.83. The van der Waals surface area contributed by atoms with Crippen molar-refractivity contribution in [3.63, 3.8) is 0 Å². The fourth-order valence-electron chi connectivity index (χ4n) is 2.17. The maximum Gasteiger partial charge on any atom is 0.0175 e. The van der Waals surface area contributed by atoms with Crippen LogP contribution in [0, 0.1) is 0 Å². The van der Waals surface area contributed by atoms with Crippen molar-refractivity contribution in [2.75, 3.05) is 13.1 Å². The Hall–Kier alpha value is -0.640. The van der Waals surface area contributed by atoms with Crippen LogP contribution in [0.4, 0.5) is 0 Å². The number of hydrogen-bond donors (Lipinski definition) is 1. The molecule has 2 rings (SSSR count). The average molecular weight is 338 g/mol. The van der Waals surface area contributed by atoms with Gasteiger partial charge in [-0.3, -0.25) is 0 Å². The summed E-state index contributed by atoms with van der Waals surface area (Å²) >= 11 is 5.36. The van der Waals surface area contributed by atoms with Crippen LogP contribution in [0.15, 0.2) is 46.3 Å². The summed E-state index contributed by atoms with van der Waals surface area (Å²) in [7, 11) is 0. The molecule has 1 N–H and O–H groups in total. The molecule has 1 aromatic heterocycles. The third-order valence-corrected chi connectivity index (χ3v) is 4.61.